The molecule has 2 saturated carbocycles. The molecule has 1 unspecified atom stereocenters. The standard InChI is InChI=1S/C15H19N7O.C15H17N7O/c2*1-21-7-11(6-17-21)19-14-15-16-9-18-22(15)8-13(20-14)10-3-2-4-12(23)5-10/h6-10,12,23H,2-5H2,1H3,(H,19,20);6-10H,2-5H2,1H3,(H,19,20)/t10-,12-;/m1./s1. The monoisotopic (exact) mass is 624 g/mol. The predicted molar refractivity (Wildman–Crippen MR) is 168 cm³/mol. The van der Waals surface area contributed by atoms with Gasteiger partial charge in [-0.3, -0.25) is 14.2 Å². The molecule has 0 aromatic carbocycles. The molecule has 6 aromatic rings. The van der Waals surface area contributed by atoms with Gasteiger partial charge in [0.05, 0.1) is 53.7 Å². The maximum absolute atomic E-state index is 11.7. The second-order valence-electron chi connectivity index (χ2n) is 12.0. The summed E-state index contributed by atoms with van der Waals surface area (Å²) in [6.45, 7) is 0. The highest BCUT2D eigenvalue weighted by atomic mass is 16.3. The molecule has 2 aliphatic carbocycles. The Morgan fingerprint density at radius 1 is 0.739 bits per heavy atom. The SMILES string of the molecule is Cn1cc(Nc2nc(C3CCCC(=O)C3)cn3ncnc23)cn1.Cn1cc(Nc2nc([C@@H]3CCC[C@@H](O)C3)cn3ncnc23)cn1. The molecule has 16 heteroatoms. The van der Waals surface area contributed by atoms with Gasteiger partial charge in [-0.1, -0.05) is 6.42 Å². The van der Waals surface area contributed by atoms with Crippen LogP contribution in [0, 0.1) is 0 Å². The smallest absolute Gasteiger partial charge is 0.198 e. The Morgan fingerprint density at radius 2 is 1.30 bits per heavy atom. The van der Waals surface area contributed by atoms with Crippen LogP contribution in [0.4, 0.5) is 23.0 Å². The minimum Gasteiger partial charge on any atom is -0.393 e. The van der Waals surface area contributed by atoms with Crippen molar-refractivity contribution in [3.63, 3.8) is 0 Å². The highest BCUT2D eigenvalue weighted by Crippen LogP contribution is 2.34. The van der Waals surface area contributed by atoms with Gasteiger partial charge in [-0.05, 0) is 32.1 Å². The zero-order valence-corrected chi connectivity index (χ0v) is 25.7. The molecule has 3 N–H and O–H groups in total. The van der Waals surface area contributed by atoms with E-state index in [9.17, 15) is 9.90 Å². The lowest BCUT2D eigenvalue weighted by Gasteiger charge is -2.25. The largest absolute Gasteiger partial charge is 0.393 e. The van der Waals surface area contributed by atoms with Crippen molar-refractivity contribution in [3.05, 3.63) is 61.2 Å². The van der Waals surface area contributed by atoms with E-state index in [0.717, 1.165) is 61.3 Å². The van der Waals surface area contributed by atoms with E-state index >= 15 is 0 Å². The van der Waals surface area contributed by atoms with Crippen LogP contribution in [0.25, 0.3) is 11.3 Å². The van der Waals surface area contributed by atoms with E-state index in [1.54, 1.807) is 30.8 Å². The van der Waals surface area contributed by atoms with Crippen molar-refractivity contribution < 1.29 is 9.90 Å². The number of aromatic nitrogens is 12. The number of carbonyl (C=O) groups is 1. The molecule has 8 rings (SSSR count). The Balaban J connectivity index is 0.000000147. The molecule has 3 atom stereocenters. The molecule has 16 nitrogen and oxygen atoms in total. The van der Waals surface area contributed by atoms with Crippen LogP contribution in [0.1, 0.15) is 74.6 Å². The van der Waals surface area contributed by atoms with Crippen LogP contribution < -0.4 is 10.6 Å². The highest BCUT2D eigenvalue weighted by molar-refractivity contribution is 5.80. The number of fused-ring (bicyclic) bond motifs is 2. The van der Waals surface area contributed by atoms with E-state index in [1.165, 1.54) is 12.7 Å². The number of hydrogen-bond donors (Lipinski definition) is 3. The minimum absolute atomic E-state index is 0.152. The summed E-state index contributed by atoms with van der Waals surface area (Å²) in [6.07, 6.45) is 20.6. The summed E-state index contributed by atoms with van der Waals surface area (Å²) < 4.78 is 6.89. The van der Waals surface area contributed by atoms with Crippen LogP contribution in [0.3, 0.4) is 0 Å². The molecule has 2 aliphatic rings. The maximum atomic E-state index is 11.7. The summed E-state index contributed by atoms with van der Waals surface area (Å²) in [7, 11) is 3.72. The summed E-state index contributed by atoms with van der Waals surface area (Å²) in [5, 5.41) is 33.2. The highest BCUT2D eigenvalue weighted by Gasteiger charge is 2.25. The Bertz CT molecular complexity index is 1970. The maximum Gasteiger partial charge on any atom is 0.198 e. The van der Waals surface area contributed by atoms with Crippen LogP contribution in [-0.4, -0.2) is 75.7 Å². The molecular weight excluding hydrogens is 588 g/mol. The number of ketones is 1. The van der Waals surface area contributed by atoms with Gasteiger partial charge >= 0.3 is 0 Å². The van der Waals surface area contributed by atoms with Crippen LogP contribution in [0.15, 0.2) is 49.8 Å². The average molecular weight is 625 g/mol. The lowest BCUT2D eigenvalue weighted by atomic mass is 9.85. The first kappa shape index (κ1) is 29.5. The number of nitrogens with zero attached hydrogens (tertiary/aromatic N) is 12. The number of hydrogen-bond acceptors (Lipinski definition) is 12. The molecule has 46 heavy (non-hydrogen) atoms. The number of aryl methyl sites for hydroxylation is 2. The van der Waals surface area contributed by atoms with Crippen molar-refractivity contribution in [2.24, 2.45) is 14.1 Å². The summed E-state index contributed by atoms with van der Waals surface area (Å²) in [4.78, 5) is 29.7. The molecule has 0 radical (unpaired) electrons. The Labute approximate surface area is 263 Å². The van der Waals surface area contributed by atoms with Gasteiger partial charge in [0.1, 0.15) is 18.4 Å². The fourth-order valence-electron chi connectivity index (χ4n) is 6.21. The van der Waals surface area contributed by atoms with E-state index in [4.69, 9.17) is 9.97 Å². The lowest BCUT2D eigenvalue weighted by Crippen LogP contribution is -2.19. The number of nitrogens with one attached hydrogen (secondary N) is 2. The summed E-state index contributed by atoms with van der Waals surface area (Å²) in [5.41, 5.74) is 4.83. The first-order valence-corrected chi connectivity index (χ1v) is 15.5. The third-order valence-electron chi connectivity index (χ3n) is 8.46. The molecule has 0 bridgehead atoms. The zero-order chi connectivity index (χ0) is 31.6. The average Bonchev–Trinajstić information content (AvgIpc) is 3.86. The number of aliphatic hydroxyl groups is 1. The van der Waals surface area contributed by atoms with Crippen LogP contribution >= 0.6 is 0 Å². The van der Waals surface area contributed by atoms with E-state index < -0.39 is 0 Å². The normalized spacial score (nSPS) is 20.1. The molecule has 6 aromatic heterocycles. The predicted octanol–water partition coefficient (Wildman–Crippen LogP) is 3.45. The lowest BCUT2D eigenvalue weighted by molar-refractivity contribution is -0.120. The summed E-state index contributed by atoms with van der Waals surface area (Å²) in [6, 6.07) is 0. The van der Waals surface area contributed by atoms with Gasteiger partial charge in [0, 0.05) is 51.2 Å². The van der Waals surface area contributed by atoms with Crippen molar-refractivity contribution >= 4 is 40.1 Å². The van der Waals surface area contributed by atoms with Gasteiger partial charge in [0.2, 0.25) is 0 Å². The van der Waals surface area contributed by atoms with Gasteiger partial charge < -0.3 is 15.7 Å². The summed E-state index contributed by atoms with van der Waals surface area (Å²) in [5.74, 6) is 2.00. The Morgan fingerprint density at radius 3 is 1.83 bits per heavy atom. The minimum atomic E-state index is -0.239. The molecule has 6 heterocycles. The molecule has 0 aliphatic heterocycles. The summed E-state index contributed by atoms with van der Waals surface area (Å²) >= 11 is 0. The number of Topliss-reactive ketones (excluding diaryl/α,β-unsaturated/α-hetero) is 1. The van der Waals surface area contributed by atoms with E-state index in [1.807, 2.05) is 38.9 Å². The van der Waals surface area contributed by atoms with Crippen molar-refractivity contribution in [2.45, 2.75) is 69.3 Å². The van der Waals surface area contributed by atoms with E-state index in [0.29, 0.717) is 41.6 Å². The fraction of sp³-hybridized carbons (Fsp3) is 0.433. The van der Waals surface area contributed by atoms with E-state index in [2.05, 4.69) is 41.0 Å². The third kappa shape index (κ3) is 6.42. The van der Waals surface area contributed by atoms with E-state index in [-0.39, 0.29) is 17.9 Å². The van der Waals surface area contributed by atoms with Crippen molar-refractivity contribution in [1.29, 1.82) is 0 Å². The third-order valence-corrected chi connectivity index (χ3v) is 8.46. The van der Waals surface area contributed by atoms with Crippen molar-refractivity contribution in [2.75, 3.05) is 10.6 Å². The van der Waals surface area contributed by atoms with Crippen LogP contribution in [0.2, 0.25) is 0 Å². The van der Waals surface area contributed by atoms with Crippen LogP contribution in [0.5, 0.6) is 0 Å². The second kappa shape index (κ2) is 12.6. The Hall–Kier alpha value is -5.25. The number of anilines is 4. The molecule has 2 fully saturated rings. The van der Waals surface area contributed by atoms with Gasteiger partial charge in [-0.2, -0.15) is 20.4 Å². The molecule has 238 valence electrons. The van der Waals surface area contributed by atoms with Crippen LogP contribution in [-0.2, 0) is 18.9 Å². The van der Waals surface area contributed by atoms with Crippen molar-refractivity contribution in [3.8, 4) is 0 Å². The molecule has 0 spiro atoms. The van der Waals surface area contributed by atoms with Gasteiger partial charge in [-0.25, -0.2) is 29.0 Å². The van der Waals surface area contributed by atoms with Gasteiger partial charge in [-0.15, -0.1) is 0 Å². The van der Waals surface area contributed by atoms with Gasteiger partial charge in [0.15, 0.2) is 22.9 Å². The van der Waals surface area contributed by atoms with Gasteiger partial charge in [0.25, 0.3) is 0 Å². The topological polar surface area (TPSA) is 183 Å². The fourth-order valence-corrected chi connectivity index (χ4v) is 6.21. The quantitative estimate of drug-likeness (QED) is 0.246. The zero-order valence-electron chi connectivity index (χ0n) is 25.7. The number of aliphatic hydroxyl groups excluding tert-OH is 1. The second-order valence-corrected chi connectivity index (χ2v) is 12.0. The first-order chi connectivity index (χ1) is 22.4. The first-order valence-electron chi connectivity index (χ1n) is 15.5. The Kier molecular flexibility index (Phi) is 8.09. The molecule has 0 amide bonds. The molecule has 0 saturated heterocycles. The van der Waals surface area contributed by atoms with Crippen molar-refractivity contribution in [1.82, 2.24) is 58.7 Å². The number of rotatable bonds is 6. The molecular formula is C30H36N14O2. The number of carbonyl (C=O) groups excluding carboxylic acids is 1.